The van der Waals surface area contributed by atoms with Gasteiger partial charge in [0, 0.05) is 19.3 Å². The predicted octanol–water partition coefficient (Wildman–Crippen LogP) is 3.03. The number of anilines is 1. The smallest absolute Gasteiger partial charge is 0.264 e. The van der Waals surface area contributed by atoms with Crippen LogP contribution in [-0.2, 0) is 4.79 Å². The molecule has 0 aliphatic carbocycles. The zero-order chi connectivity index (χ0) is 25.2. The molecule has 2 aromatic carbocycles. The van der Waals surface area contributed by atoms with Crippen molar-refractivity contribution < 1.29 is 19.1 Å². The number of rotatable bonds is 7. The first-order valence-corrected chi connectivity index (χ1v) is 11.3. The van der Waals surface area contributed by atoms with Crippen LogP contribution in [0.4, 0.5) is 5.95 Å². The van der Waals surface area contributed by atoms with Crippen molar-refractivity contribution in [3.63, 3.8) is 0 Å². The molecule has 0 bridgehead atoms. The van der Waals surface area contributed by atoms with E-state index in [2.05, 4.69) is 9.97 Å². The third kappa shape index (κ3) is 4.18. The van der Waals surface area contributed by atoms with Crippen LogP contribution in [0.2, 0.25) is 0 Å². The van der Waals surface area contributed by atoms with Crippen molar-refractivity contribution in [3.05, 3.63) is 78.0 Å². The lowest BCUT2D eigenvalue weighted by Crippen LogP contribution is -2.80. The Balaban J connectivity index is 1.29. The van der Waals surface area contributed by atoms with Crippen molar-refractivity contribution >= 4 is 17.8 Å². The van der Waals surface area contributed by atoms with Crippen LogP contribution in [0.3, 0.4) is 0 Å². The van der Waals surface area contributed by atoms with E-state index in [4.69, 9.17) is 20.5 Å². The number of ether oxygens (including phenoxy) is 2. The Morgan fingerprint density at radius 1 is 1.03 bits per heavy atom. The number of hydrogen-bond donors (Lipinski definition) is 1. The molecule has 0 saturated carbocycles. The number of carbonyl (C=O) groups excluding carboxylic acids is 2. The Hall–Kier alpha value is -4.91. The van der Waals surface area contributed by atoms with Crippen LogP contribution in [0.5, 0.6) is 23.1 Å². The number of fused-ring (bicyclic) bond motifs is 1. The van der Waals surface area contributed by atoms with Crippen molar-refractivity contribution in [2.75, 3.05) is 18.0 Å². The van der Waals surface area contributed by atoms with E-state index in [9.17, 15) is 9.59 Å². The molecule has 0 radical (unpaired) electrons. The second-order valence-electron chi connectivity index (χ2n) is 8.30. The van der Waals surface area contributed by atoms with E-state index in [1.54, 1.807) is 36.1 Å². The summed E-state index contributed by atoms with van der Waals surface area (Å²) in [5, 5.41) is 9.11. The molecular formula is C26H22N6O4. The molecule has 2 fully saturated rings. The lowest BCUT2D eigenvalue weighted by Gasteiger charge is -2.61. The molecule has 3 aromatic rings. The fraction of sp³-hybridized carbons (Fsp3) is 0.192. The van der Waals surface area contributed by atoms with E-state index in [1.165, 1.54) is 12.3 Å². The Morgan fingerprint density at radius 2 is 1.69 bits per heavy atom. The van der Waals surface area contributed by atoms with Gasteiger partial charge in [-0.05, 0) is 43.3 Å². The summed E-state index contributed by atoms with van der Waals surface area (Å²) in [5.74, 6) is 1.22. The standard InChI is InChI=1S/C26H22N6O4/c1-2-16(12-27)25(34)31-14-22-21(31)15-32(22)26-29-13-20(23(28)33)24(30-26)36-19-10-8-18(9-11-19)35-17-6-4-3-5-7-17/h2-11,13,21-22H,14-15H2,1H3,(H2,28,33)/b16-2+/t21?,22-/m1/s1. The minimum atomic E-state index is -0.710. The van der Waals surface area contributed by atoms with Crippen molar-refractivity contribution in [2.24, 2.45) is 5.73 Å². The highest BCUT2D eigenvalue weighted by atomic mass is 16.5. The molecule has 2 aliphatic rings. The van der Waals surface area contributed by atoms with Crippen LogP contribution in [0, 0.1) is 11.3 Å². The number of aromatic nitrogens is 2. The number of allylic oxidation sites excluding steroid dienone is 1. The van der Waals surface area contributed by atoms with Crippen LogP contribution in [0.25, 0.3) is 0 Å². The summed E-state index contributed by atoms with van der Waals surface area (Å²) < 4.78 is 11.7. The van der Waals surface area contributed by atoms with E-state index in [0.29, 0.717) is 36.3 Å². The van der Waals surface area contributed by atoms with Gasteiger partial charge in [-0.15, -0.1) is 0 Å². The summed E-state index contributed by atoms with van der Waals surface area (Å²) in [7, 11) is 0. The van der Waals surface area contributed by atoms with Crippen LogP contribution in [0.1, 0.15) is 17.3 Å². The second-order valence-corrected chi connectivity index (χ2v) is 8.30. The number of piperazine rings is 1. The number of nitrogens with two attached hydrogens (primary N) is 1. The normalized spacial score (nSPS) is 18.3. The van der Waals surface area contributed by atoms with Gasteiger partial charge >= 0.3 is 0 Å². The van der Waals surface area contributed by atoms with E-state index >= 15 is 0 Å². The third-order valence-electron chi connectivity index (χ3n) is 6.19. The average molecular weight is 483 g/mol. The van der Waals surface area contributed by atoms with E-state index in [0.717, 1.165) is 0 Å². The van der Waals surface area contributed by atoms with Crippen LogP contribution in [0.15, 0.2) is 72.4 Å². The average Bonchev–Trinajstić information content (AvgIpc) is 2.87. The Bertz CT molecular complexity index is 1380. The predicted molar refractivity (Wildman–Crippen MR) is 130 cm³/mol. The number of nitriles is 1. The van der Waals surface area contributed by atoms with Gasteiger partial charge in [-0.3, -0.25) is 9.59 Å². The zero-order valence-corrected chi connectivity index (χ0v) is 19.4. The SMILES string of the molecule is C/C=C(\C#N)C(=O)N1C[C@@H]2C1CN2c1ncc(C(N)=O)c(Oc2ccc(Oc3ccccc3)cc2)n1. The summed E-state index contributed by atoms with van der Waals surface area (Å²) in [6.45, 7) is 2.64. The number of benzene rings is 2. The van der Waals surface area contributed by atoms with Crippen molar-refractivity contribution in [1.29, 1.82) is 5.26 Å². The maximum Gasteiger partial charge on any atom is 0.264 e. The molecule has 36 heavy (non-hydrogen) atoms. The van der Waals surface area contributed by atoms with Gasteiger partial charge in [-0.2, -0.15) is 10.2 Å². The van der Waals surface area contributed by atoms with Crippen molar-refractivity contribution in [1.82, 2.24) is 14.9 Å². The number of carbonyl (C=O) groups is 2. The first-order chi connectivity index (χ1) is 17.5. The molecule has 10 heteroatoms. The first-order valence-electron chi connectivity index (χ1n) is 11.3. The molecule has 3 heterocycles. The third-order valence-corrected chi connectivity index (χ3v) is 6.19. The molecule has 1 unspecified atom stereocenters. The molecule has 2 atom stereocenters. The minimum absolute atomic E-state index is 0.0123. The van der Waals surface area contributed by atoms with Gasteiger partial charge in [0.05, 0.1) is 12.1 Å². The summed E-state index contributed by atoms with van der Waals surface area (Å²) >= 11 is 0. The topological polar surface area (TPSA) is 135 Å². The van der Waals surface area contributed by atoms with Gasteiger partial charge in [-0.1, -0.05) is 24.3 Å². The molecule has 2 N–H and O–H groups in total. The maximum absolute atomic E-state index is 12.4. The number of amides is 2. The van der Waals surface area contributed by atoms with Crippen molar-refractivity contribution in [3.8, 4) is 29.2 Å². The summed E-state index contributed by atoms with van der Waals surface area (Å²) in [5.41, 5.74) is 5.69. The summed E-state index contributed by atoms with van der Waals surface area (Å²) in [6, 6.07) is 18.2. The molecule has 180 valence electrons. The molecular weight excluding hydrogens is 460 g/mol. The van der Waals surface area contributed by atoms with Crippen LogP contribution in [-0.4, -0.2) is 51.9 Å². The Labute approximate surface area is 207 Å². The van der Waals surface area contributed by atoms with Gasteiger partial charge in [0.2, 0.25) is 11.8 Å². The largest absolute Gasteiger partial charge is 0.457 e. The molecule has 5 rings (SSSR count). The van der Waals surface area contributed by atoms with Gasteiger partial charge in [-0.25, -0.2) is 4.98 Å². The second kappa shape index (κ2) is 9.38. The van der Waals surface area contributed by atoms with E-state index < -0.39 is 5.91 Å². The van der Waals surface area contributed by atoms with Gasteiger partial charge < -0.3 is 25.0 Å². The van der Waals surface area contributed by atoms with E-state index in [1.807, 2.05) is 41.3 Å². The molecule has 10 nitrogen and oxygen atoms in total. The number of nitrogens with zero attached hydrogens (tertiary/aromatic N) is 5. The number of hydrogen-bond acceptors (Lipinski definition) is 8. The van der Waals surface area contributed by atoms with E-state index in [-0.39, 0.29) is 35.0 Å². The Kier molecular flexibility index (Phi) is 5.96. The number of primary amides is 1. The minimum Gasteiger partial charge on any atom is -0.457 e. The first kappa shape index (κ1) is 22.9. The van der Waals surface area contributed by atoms with Gasteiger partial charge in [0.25, 0.3) is 11.8 Å². The summed E-state index contributed by atoms with van der Waals surface area (Å²) in [4.78, 5) is 36.7. The monoisotopic (exact) mass is 482 g/mol. The van der Waals surface area contributed by atoms with Crippen LogP contribution < -0.4 is 20.1 Å². The number of likely N-dealkylation sites (tertiary alicyclic amines) is 1. The zero-order valence-electron chi connectivity index (χ0n) is 19.4. The lowest BCUT2D eigenvalue weighted by atomic mass is 9.85. The Morgan fingerprint density at radius 3 is 2.28 bits per heavy atom. The molecule has 2 amide bonds. The maximum atomic E-state index is 12.4. The van der Waals surface area contributed by atoms with Gasteiger partial charge in [0.15, 0.2) is 0 Å². The molecule has 0 spiro atoms. The van der Waals surface area contributed by atoms with Crippen molar-refractivity contribution in [2.45, 2.75) is 19.0 Å². The fourth-order valence-corrected chi connectivity index (χ4v) is 4.16. The quantitative estimate of drug-likeness (QED) is 0.401. The molecule has 1 aromatic heterocycles. The molecule has 2 saturated heterocycles. The highest BCUT2D eigenvalue weighted by molar-refractivity contribution is 5.98. The summed E-state index contributed by atoms with van der Waals surface area (Å²) in [6.07, 6.45) is 2.86. The highest BCUT2D eigenvalue weighted by Gasteiger charge is 2.54. The van der Waals surface area contributed by atoms with Gasteiger partial charge in [0.1, 0.15) is 34.5 Å². The molecule has 2 aliphatic heterocycles. The fourth-order valence-electron chi connectivity index (χ4n) is 4.16. The van der Waals surface area contributed by atoms with Crippen LogP contribution >= 0.6 is 0 Å². The number of para-hydroxylation sites is 1. The highest BCUT2D eigenvalue weighted by Crippen LogP contribution is 2.38. The lowest BCUT2D eigenvalue weighted by molar-refractivity contribution is -0.139.